The van der Waals surface area contributed by atoms with E-state index in [4.69, 9.17) is 4.98 Å². The molecule has 0 saturated carbocycles. The van der Waals surface area contributed by atoms with Crippen molar-refractivity contribution in [2.45, 2.75) is 39.5 Å². The molecule has 1 aromatic carbocycles. The Morgan fingerprint density at radius 1 is 1.19 bits per heavy atom. The fraction of sp³-hybridized carbons (Fsp3) is 0.381. The Kier molecular flexibility index (Phi) is 4.23. The van der Waals surface area contributed by atoms with Crippen molar-refractivity contribution >= 4 is 16.9 Å². The molecule has 134 valence electrons. The summed E-state index contributed by atoms with van der Waals surface area (Å²) in [7, 11) is 0. The van der Waals surface area contributed by atoms with Crippen molar-refractivity contribution in [3.8, 4) is 0 Å². The van der Waals surface area contributed by atoms with Crippen molar-refractivity contribution in [3.63, 3.8) is 0 Å². The molecule has 0 bridgehead atoms. The van der Waals surface area contributed by atoms with Crippen LogP contribution in [0, 0.1) is 20.8 Å². The largest absolute Gasteiger partial charge is 0.342 e. The molecule has 1 aliphatic heterocycles. The number of carbonyl (C=O) groups excluding carboxylic acids is 1. The standard InChI is InChI=1S/C21H24N4O/c1-13-6-7-17-18(9-13)24-20(23-17)16-5-4-8-25(12-16)21(26)19-10-14(2)15(3)11-22-19/h6-7,9-11,16H,4-5,8,12H2,1-3H3,(H,23,24). The number of aromatic amines is 1. The highest BCUT2D eigenvalue weighted by Gasteiger charge is 2.28. The van der Waals surface area contributed by atoms with Crippen molar-refractivity contribution in [2.24, 2.45) is 0 Å². The smallest absolute Gasteiger partial charge is 0.272 e. The van der Waals surface area contributed by atoms with Gasteiger partial charge in [0.1, 0.15) is 11.5 Å². The molecule has 4 rings (SSSR count). The first-order valence-electron chi connectivity index (χ1n) is 9.20. The van der Waals surface area contributed by atoms with E-state index in [0.717, 1.165) is 47.4 Å². The molecule has 1 atom stereocenters. The summed E-state index contributed by atoms with van der Waals surface area (Å²) in [5.41, 5.74) is 6.02. The first kappa shape index (κ1) is 16.8. The van der Waals surface area contributed by atoms with Crippen LogP contribution in [0.3, 0.4) is 0 Å². The first-order valence-corrected chi connectivity index (χ1v) is 9.20. The summed E-state index contributed by atoms with van der Waals surface area (Å²) in [6.45, 7) is 7.58. The van der Waals surface area contributed by atoms with Crippen LogP contribution in [-0.4, -0.2) is 38.8 Å². The second-order valence-corrected chi connectivity index (χ2v) is 7.39. The maximum absolute atomic E-state index is 12.9. The number of amides is 1. The lowest BCUT2D eigenvalue weighted by molar-refractivity contribution is 0.0699. The van der Waals surface area contributed by atoms with Crippen LogP contribution < -0.4 is 0 Å². The molecule has 1 saturated heterocycles. The fourth-order valence-electron chi connectivity index (χ4n) is 3.62. The van der Waals surface area contributed by atoms with Crippen LogP contribution in [0.1, 0.15) is 51.8 Å². The molecule has 0 spiro atoms. The number of hydrogen-bond donors (Lipinski definition) is 1. The number of imidazole rings is 1. The number of fused-ring (bicyclic) bond motifs is 1. The van der Waals surface area contributed by atoms with Gasteiger partial charge in [0, 0.05) is 25.2 Å². The van der Waals surface area contributed by atoms with Gasteiger partial charge in [-0.2, -0.15) is 0 Å². The molecule has 5 nitrogen and oxygen atoms in total. The predicted octanol–water partition coefficient (Wildman–Crippen LogP) is 3.90. The average molecular weight is 348 g/mol. The van der Waals surface area contributed by atoms with Gasteiger partial charge in [-0.15, -0.1) is 0 Å². The maximum Gasteiger partial charge on any atom is 0.272 e. The molecule has 0 radical (unpaired) electrons. The molecule has 2 aromatic heterocycles. The summed E-state index contributed by atoms with van der Waals surface area (Å²) in [5.74, 6) is 1.24. The highest BCUT2D eigenvalue weighted by molar-refractivity contribution is 5.92. The number of piperidine rings is 1. The second-order valence-electron chi connectivity index (χ2n) is 7.39. The van der Waals surface area contributed by atoms with Crippen LogP contribution in [0.25, 0.3) is 11.0 Å². The molecule has 0 aliphatic carbocycles. The second kappa shape index (κ2) is 6.56. The first-order chi connectivity index (χ1) is 12.5. The van der Waals surface area contributed by atoms with E-state index in [2.05, 4.69) is 35.1 Å². The number of nitrogens with zero attached hydrogens (tertiary/aromatic N) is 3. The number of H-pyrrole nitrogens is 1. The number of hydrogen-bond acceptors (Lipinski definition) is 3. The van der Waals surface area contributed by atoms with Gasteiger partial charge in [0.05, 0.1) is 11.0 Å². The van der Waals surface area contributed by atoms with Crippen molar-refractivity contribution < 1.29 is 4.79 Å². The Hall–Kier alpha value is -2.69. The van der Waals surface area contributed by atoms with Crippen LogP contribution in [0.4, 0.5) is 0 Å². The topological polar surface area (TPSA) is 61.9 Å². The molecule has 1 amide bonds. The van der Waals surface area contributed by atoms with Gasteiger partial charge in [-0.25, -0.2) is 4.98 Å². The number of benzene rings is 1. The van der Waals surface area contributed by atoms with Gasteiger partial charge in [-0.1, -0.05) is 6.07 Å². The third-order valence-electron chi connectivity index (χ3n) is 5.34. The van der Waals surface area contributed by atoms with Gasteiger partial charge < -0.3 is 9.88 Å². The lowest BCUT2D eigenvalue weighted by atomic mass is 9.97. The minimum atomic E-state index is 0.0183. The van der Waals surface area contributed by atoms with Crippen molar-refractivity contribution in [1.82, 2.24) is 19.9 Å². The highest BCUT2D eigenvalue weighted by atomic mass is 16.2. The van der Waals surface area contributed by atoms with Crippen LogP contribution in [-0.2, 0) is 0 Å². The molecule has 26 heavy (non-hydrogen) atoms. The van der Waals surface area contributed by atoms with E-state index in [1.54, 1.807) is 6.20 Å². The number of nitrogens with one attached hydrogen (secondary N) is 1. The number of rotatable bonds is 2. The summed E-state index contributed by atoms with van der Waals surface area (Å²) in [6, 6.07) is 8.15. The van der Waals surface area contributed by atoms with E-state index >= 15 is 0 Å². The lowest BCUT2D eigenvalue weighted by Gasteiger charge is -2.31. The summed E-state index contributed by atoms with van der Waals surface area (Å²) in [6.07, 6.45) is 3.81. The lowest BCUT2D eigenvalue weighted by Crippen LogP contribution is -2.39. The van der Waals surface area contributed by atoms with Gasteiger partial charge >= 0.3 is 0 Å². The van der Waals surface area contributed by atoms with Crippen LogP contribution in [0.2, 0.25) is 0 Å². The van der Waals surface area contributed by atoms with Crippen molar-refractivity contribution in [2.75, 3.05) is 13.1 Å². The molecular weight excluding hydrogens is 324 g/mol. The maximum atomic E-state index is 12.9. The van der Waals surface area contributed by atoms with Gasteiger partial charge in [0.2, 0.25) is 0 Å². The third kappa shape index (κ3) is 3.09. The van der Waals surface area contributed by atoms with E-state index in [0.29, 0.717) is 12.2 Å². The monoisotopic (exact) mass is 348 g/mol. The number of carbonyl (C=O) groups is 1. The third-order valence-corrected chi connectivity index (χ3v) is 5.34. The van der Waals surface area contributed by atoms with Gasteiger partial charge in [-0.3, -0.25) is 9.78 Å². The normalized spacial score (nSPS) is 17.7. The Labute approximate surface area is 153 Å². The Morgan fingerprint density at radius 3 is 2.85 bits per heavy atom. The SMILES string of the molecule is Cc1ccc2nc(C3CCCN(C(=O)c4cc(C)c(C)cn4)C3)[nH]c2c1. The number of pyridine rings is 1. The zero-order valence-electron chi connectivity index (χ0n) is 15.5. The fourth-order valence-corrected chi connectivity index (χ4v) is 3.62. The zero-order valence-corrected chi connectivity index (χ0v) is 15.5. The number of aromatic nitrogens is 3. The molecule has 1 unspecified atom stereocenters. The molecule has 1 fully saturated rings. The number of aryl methyl sites for hydroxylation is 3. The van der Waals surface area contributed by atoms with Crippen molar-refractivity contribution in [1.29, 1.82) is 0 Å². The average Bonchev–Trinajstić information content (AvgIpc) is 3.06. The van der Waals surface area contributed by atoms with Crippen LogP contribution in [0.15, 0.2) is 30.5 Å². The van der Waals surface area contributed by atoms with Crippen LogP contribution >= 0.6 is 0 Å². The quantitative estimate of drug-likeness (QED) is 0.764. The van der Waals surface area contributed by atoms with E-state index in [9.17, 15) is 4.79 Å². The Bertz CT molecular complexity index is 975. The number of likely N-dealkylation sites (tertiary alicyclic amines) is 1. The Morgan fingerprint density at radius 2 is 2.04 bits per heavy atom. The van der Waals surface area contributed by atoms with E-state index in [-0.39, 0.29) is 11.8 Å². The zero-order chi connectivity index (χ0) is 18.3. The molecule has 3 aromatic rings. The van der Waals surface area contributed by atoms with Crippen LogP contribution in [0.5, 0.6) is 0 Å². The summed E-state index contributed by atoms with van der Waals surface area (Å²) >= 11 is 0. The molecule has 5 heteroatoms. The molecular formula is C21H24N4O. The van der Waals surface area contributed by atoms with E-state index < -0.39 is 0 Å². The van der Waals surface area contributed by atoms with E-state index in [1.807, 2.05) is 24.8 Å². The molecule has 1 N–H and O–H groups in total. The van der Waals surface area contributed by atoms with Gasteiger partial charge in [0.15, 0.2) is 0 Å². The summed E-state index contributed by atoms with van der Waals surface area (Å²) in [5, 5.41) is 0. The van der Waals surface area contributed by atoms with Crippen molar-refractivity contribution in [3.05, 3.63) is 58.7 Å². The highest BCUT2D eigenvalue weighted by Crippen LogP contribution is 2.28. The summed E-state index contributed by atoms with van der Waals surface area (Å²) < 4.78 is 0. The minimum Gasteiger partial charge on any atom is -0.342 e. The van der Waals surface area contributed by atoms with E-state index in [1.165, 1.54) is 5.56 Å². The predicted molar refractivity (Wildman–Crippen MR) is 102 cm³/mol. The molecule has 1 aliphatic rings. The van der Waals surface area contributed by atoms with Gasteiger partial charge in [0.25, 0.3) is 5.91 Å². The molecule has 3 heterocycles. The van der Waals surface area contributed by atoms with Gasteiger partial charge in [-0.05, 0) is 68.5 Å². The minimum absolute atomic E-state index is 0.0183. The Balaban J connectivity index is 1.56. The summed E-state index contributed by atoms with van der Waals surface area (Å²) in [4.78, 5) is 27.4.